The van der Waals surface area contributed by atoms with Gasteiger partial charge in [0.25, 0.3) is 0 Å². The standard InChI is InChI=1S/C6H7F3N2S/c7-6(8,9)2-1-5-11-4(10)3-12-5/h3H,1-2,10H2. The highest BCUT2D eigenvalue weighted by Gasteiger charge is 2.26. The third-order valence-corrected chi connectivity index (χ3v) is 2.12. The summed E-state index contributed by atoms with van der Waals surface area (Å²) >= 11 is 1.15. The number of thiazole rings is 1. The van der Waals surface area contributed by atoms with Crippen LogP contribution in [0.1, 0.15) is 11.4 Å². The molecule has 0 saturated heterocycles. The second kappa shape index (κ2) is 3.30. The Labute approximate surface area is 71.2 Å². The zero-order valence-electron chi connectivity index (χ0n) is 6.06. The van der Waals surface area contributed by atoms with Gasteiger partial charge in [0.1, 0.15) is 5.82 Å². The Morgan fingerprint density at radius 1 is 1.50 bits per heavy atom. The van der Waals surface area contributed by atoms with Crippen LogP contribution in [0, 0.1) is 0 Å². The second-order valence-corrected chi connectivity index (χ2v) is 3.22. The normalized spacial score (nSPS) is 11.9. The molecule has 0 aromatic carbocycles. The van der Waals surface area contributed by atoms with Crippen molar-refractivity contribution in [3.05, 3.63) is 10.4 Å². The van der Waals surface area contributed by atoms with E-state index >= 15 is 0 Å². The fraction of sp³-hybridized carbons (Fsp3) is 0.500. The van der Waals surface area contributed by atoms with Gasteiger partial charge >= 0.3 is 6.18 Å². The summed E-state index contributed by atoms with van der Waals surface area (Å²) in [6.45, 7) is 0. The SMILES string of the molecule is Nc1csc(CCC(F)(F)F)n1. The zero-order chi connectivity index (χ0) is 9.19. The van der Waals surface area contributed by atoms with Crippen molar-refractivity contribution in [2.24, 2.45) is 0 Å². The van der Waals surface area contributed by atoms with Gasteiger partial charge in [0, 0.05) is 18.2 Å². The number of aromatic nitrogens is 1. The first-order chi connectivity index (χ1) is 5.47. The van der Waals surface area contributed by atoms with E-state index in [2.05, 4.69) is 4.98 Å². The Morgan fingerprint density at radius 3 is 2.58 bits per heavy atom. The molecule has 1 aromatic rings. The number of nitrogens with zero attached hydrogens (tertiary/aromatic N) is 1. The van der Waals surface area contributed by atoms with Gasteiger partial charge in [0.05, 0.1) is 5.01 Å². The van der Waals surface area contributed by atoms with E-state index in [1.54, 1.807) is 0 Å². The molecular weight excluding hydrogens is 189 g/mol. The van der Waals surface area contributed by atoms with Gasteiger partial charge in [-0.25, -0.2) is 4.98 Å². The van der Waals surface area contributed by atoms with Crippen molar-refractivity contribution in [2.75, 3.05) is 5.73 Å². The topological polar surface area (TPSA) is 38.9 Å². The Hall–Kier alpha value is -0.780. The van der Waals surface area contributed by atoms with Gasteiger partial charge in [0.15, 0.2) is 0 Å². The molecule has 0 atom stereocenters. The summed E-state index contributed by atoms with van der Waals surface area (Å²) in [5.41, 5.74) is 5.24. The van der Waals surface area contributed by atoms with Crippen LogP contribution in [-0.4, -0.2) is 11.2 Å². The van der Waals surface area contributed by atoms with Gasteiger partial charge in [-0.05, 0) is 0 Å². The predicted molar refractivity (Wildman–Crippen MR) is 40.9 cm³/mol. The lowest BCUT2D eigenvalue weighted by molar-refractivity contribution is -0.133. The molecule has 68 valence electrons. The maximum absolute atomic E-state index is 11.7. The molecule has 0 radical (unpaired) electrons. The van der Waals surface area contributed by atoms with Crippen molar-refractivity contribution in [3.8, 4) is 0 Å². The lowest BCUT2D eigenvalue weighted by Crippen LogP contribution is -2.08. The summed E-state index contributed by atoms with van der Waals surface area (Å²) < 4.78 is 35.1. The van der Waals surface area contributed by atoms with Crippen molar-refractivity contribution in [1.29, 1.82) is 0 Å². The van der Waals surface area contributed by atoms with E-state index in [1.807, 2.05) is 0 Å². The Kier molecular flexibility index (Phi) is 2.56. The van der Waals surface area contributed by atoms with Gasteiger partial charge in [-0.2, -0.15) is 13.2 Å². The minimum Gasteiger partial charge on any atom is -0.383 e. The molecule has 0 spiro atoms. The summed E-state index contributed by atoms with van der Waals surface area (Å²) in [6, 6.07) is 0. The molecule has 12 heavy (non-hydrogen) atoms. The van der Waals surface area contributed by atoms with E-state index in [1.165, 1.54) is 5.38 Å². The molecule has 6 heteroatoms. The average molecular weight is 196 g/mol. The minimum atomic E-state index is -4.11. The van der Waals surface area contributed by atoms with Gasteiger partial charge in [-0.1, -0.05) is 0 Å². The third-order valence-electron chi connectivity index (χ3n) is 1.19. The van der Waals surface area contributed by atoms with Crippen molar-refractivity contribution < 1.29 is 13.2 Å². The molecular formula is C6H7F3N2S. The highest BCUT2D eigenvalue weighted by molar-refractivity contribution is 7.10. The number of alkyl halides is 3. The van der Waals surface area contributed by atoms with Gasteiger partial charge in [-0.15, -0.1) is 11.3 Å². The first kappa shape index (κ1) is 9.31. The molecule has 1 aromatic heterocycles. The van der Waals surface area contributed by atoms with Crippen LogP contribution in [0.2, 0.25) is 0 Å². The summed E-state index contributed by atoms with van der Waals surface area (Å²) in [5.74, 6) is 0.289. The molecule has 0 amide bonds. The van der Waals surface area contributed by atoms with Gasteiger partial charge in [0.2, 0.25) is 0 Å². The summed E-state index contributed by atoms with van der Waals surface area (Å²) in [7, 11) is 0. The van der Waals surface area contributed by atoms with Crippen molar-refractivity contribution in [3.63, 3.8) is 0 Å². The highest BCUT2D eigenvalue weighted by atomic mass is 32.1. The Balaban J connectivity index is 2.44. The van der Waals surface area contributed by atoms with E-state index in [4.69, 9.17) is 5.73 Å². The molecule has 0 fully saturated rings. The van der Waals surface area contributed by atoms with E-state index in [-0.39, 0.29) is 12.2 Å². The predicted octanol–water partition coefficient (Wildman–Crippen LogP) is 2.22. The molecule has 0 aliphatic carbocycles. The van der Waals surface area contributed by atoms with E-state index < -0.39 is 12.6 Å². The van der Waals surface area contributed by atoms with Crippen LogP contribution in [0.5, 0.6) is 0 Å². The first-order valence-corrected chi connectivity index (χ1v) is 4.12. The first-order valence-electron chi connectivity index (χ1n) is 3.24. The Morgan fingerprint density at radius 2 is 2.17 bits per heavy atom. The number of nitrogens with two attached hydrogens (primary N) is 1. The van der Waals surface area contributed by atoms with Crippen LogP contribution in [0.15, 0.2) is 5.38 Å². The number of nitrogen functional groups attached to an aromatic ring is 1. The van der Waals surface area contributed by atoms with Crippen LogP contribution < -0.4 is 5.73 Å². The molecule has 1 rings (SSSR count). The van der Waals surface area contributed by atoms with E-state index in [0.29, 0.717) is 5.01 Å². The number of hydrogen-bond acceptors (Lipinski definition) is 3. The summed E-state index contributed by atoms with van der Waals surface area (Å²) in [4.78, 5) is 3.71. The van der Waals surface area contributed by atoms with Crippen molar-refractivity contribution in [1.82, 2.24) is 4.98 Å². The van der Waals surface area contributed by atoms with Gasteiger partial charge < -0.3 is 5.73 Å². The molecule has 1 heterocycles. The van der Waals surface area contributed by atoms with Crippen LogP contribution in [0.4, 0.5) is 19.0 Å². The smallest absolute Gasteiger partial charge is 0.383 e. The van der Waals surface area contributed by atoms with Crippen LogP contribution in [0.25, 0.3) is 0 Å². The monoisotopic (exact) mass is 196 g/mol. The number of hydrogen-bond donors (Lipinski definition) is 1. The number of anilines is 1. The molecule has 2 N–H and O–H groups in total. The van der Waals surface area contributed by atoms with Crippen molar-refractivity contribution in [2.45, 2.75) is 19.0 Å². The maximum Gasteiger partial charge on any atom is 0.389 e. The minimum absolute atomic E-state index is 0.0780. The molecule has 0 saturated carbocycles. The molecule has 0 aliphatic heterocycles. The summed E-state index contributed by atoms with van der Waals surface area (Å²) in [6.07, 6.45) is -5.02. The second-order valence-electron chi connectivity index (χ2n) is 2.28. The molecule has 0 aliphatic rings. The fourth-order valence-electron chi connectivity index (χ4n) is 0.689. The summed E-state index contributed by atoms with van der Waals surface area (Å²) in [5, 5.41) is 1.97. The average Bonchev–Trinajstić information content (AvgIpc) is 2.30. The molecule has 0 unspecified atom stereocenters. The van der Waals surface area contributed by atoms with Crippen LogP contribution in [0.3, 0.4) is 0 Å². The van der Waals surface area contributed by atoms with Crippen LogP contribution in [-0.2, 0) is 6.42 Å². The van der Waals surface area contributed by atoms with E-state index in [0.717, 1.165) is 11.3 Å². The Bertz CT molecular complexity index is 256. The fourth-order valence-corrected chi connectivity index (χ4v) is 1.38. The quantitative estimate of drug-likeness (QED) is 0.787. The molecule has 0 bridgehead atoms. The molecule has 2 nitrogen and oxygen atoms in total. The van der Waals surface area contributed by atoms with E-state index in [9.17, 15) is 13.2 Å². The maximum atomic E-state index is 11.7. The number of rotatable bonds is 2. The largest absolute Gasteiger partial charge is 0.389 e. The zero-order valence-corrected chi connectivity index (χ0v) is 6.87. The third kappa shape index (κ3) is 3.08. The van der Waals surface area contributed by atoms with Gasteiger partial charge in [-0.3, -0.25) is 0 Å². The number of aryl methyl sites for hydroxylation is 1. The lowest BCUT2D eigenvalue weighted by atomic mass is 10.3. The lowest BCUT2D eigenvalue weighted by Gasteiger charge is -2.02. The van der Waals surface area contributed by atoms with Crippen molar-refractivity contribution >= 4 is 17.2 Å². The van der Waals surface area contributed by atoms with Crippen LogP contribution >= 0.6 is 11.3 Å². The highest BCUT2D eigenvalue weighted by Crippen LogP contribution is 2.23. The number of halogens is 3.